The van der Waals surface area contributed by atoms with E-state index in [1.165, 1.54) is 13.2 Å². The van der Waals surface area contributed by atoms with Gasteiger partial charge in [-0.3, -0.25) is 0 Å². The number of rotatable bonds is 3. The van der Waals surface area contributed by atoms with Gasteiger partial charge in [-0.15, -0.1) is 0 Å². The van der Waals surface area contributed by atoms with Crippen molar-refractivity contribution in [2.45, 2.75) is 0 Å². The number of esters is 1. The molecule has 15 heavy (non-hydrogen) atoms. The third-order valence-corrected chi connectivity index (χ3v) is 2.41. The van der Waals surface area contributed by atoms with Gasteiger partial charge in [-0.25, -0.2) is 4.79 Å². The summed E-state index contributed by atoms with van der Waals surface area (Å²) in [6, 6.07) is 5.53. The van der Waals surface area contributed by atoms with Gasteiger partial charge in [0.05, 0.1) is 18.7 Å². The van der Waals surface area contributed by atoms with Crippen LogP contribution in [0.4, 0.5) is 0 Å². The molecule has 3 nitrogen and oxygen atoms in total. The van der Waals surface area contributed by atoms with E-state index in [1.807, 2.05) is 18.2 Å². The fourth-order valence-corrected chi connectivity index (χ4v) is 1.58. The highest BCUT2D eigenvalue weighted by Gasteiger charge is 1.99. The topological polar surface area (TPSA) is 35.5 Å². The Morgan fingerprint density at radius 3 is 2.67 bits per heavy atom. The zero-order chi connectivity index (χ0) is 11.3. The molecular weight excluding hydrogens is 260 g/mol. The van der Waals surface area contributed by atoms with E-state index >= 15 is 0 Å². The Morgan fingerprint density at radius 2 is 2.13 bits per heavy atom. The number of benzene rings is 1. The molecule has 80 valence electrons. The number of carbonyl (C=O) groups excluding carboxylic acids is 1. The second-order valence-corrected chi connectivity index (χ2v) is 3.60. The van der Waals surface area contributed by atoms with Crippen molar-refractivity contribution in [2.75, 3.05) is 14.2 Å². The molecule has 0 aromatic heterocycles. The Labute approximate surface area is 96.8 Å². The van der Waals surface area contributed by atoms with E-state index in [0.717, 1.165) is 15.8 Å². The van der Waals surface area contributed by atoms with Crippen LogP contribution < -0.4 is 4.74 Å². The minimum atomic E-state index is -0.373. The maximum absolute atomic E-state index is 10.8. The molecule has 0 spiro atoms. The number of hydrogen-bond donors (Lipinski definition) is 0. The molecule has 0 aliphatic rings. The lowest BCUT2D eigenvalue weighted by molar-refractivity contribution is -0.134. The first kappa shape index (κ1) is 11.8. The first-order valence-electron chi connectivity index (χ1n) is 4.27. The molecule has 0 fully saturated rings. The lowest BCUT2D eigenvalue weighted by Gasteiger charge is -2.03. The van der Waals surface area contributed by atoms with E-state index in [2.05, 4.69) is 20.7 Å². The van der Waals surface area contributed by atoms with E-state index in [-0.39, 0.29) is 5.97 Å². The number of hydrogen-bond acceptors (Lipinski definition) is 3. The summed E-state index contributed by atoms with van der Waals surface area (Å²) in [6.45, 7) is 0. The standard InChI is InChI=1S/C11H11BrO3/c1-14-10-5-3-8(7-9(10)12)4-6-11(13)15-2/h3-7H,1-2H3/b6-4+. The average molecular weight is 271 g/mol. The van der Waals surface area contributed by atoms with Gasteiger partial charge in [0.1, 0.15) is 5.75 Å². The van der Waals surface area contributed by atoms with Gasteiger partial charge in [-0.2, -0.15) is 0 Å². The summed E-state index contributed by atoms with van der Waals surface area (Å²) in [7, 11) is 2.95. The molecule has 0 aliphatic carbocycles. The van der Waals surface area contributed by atoms with Crippen LogP contribution in [-0.2, 0) is 9.53 Å². The molecule has 0 N–H and O–H groups in total. The Hall–Kier alpha value is -1.29. The SMILES string of the molecule is COC(=O)/C=C/c1ccc(OC)c(Br)c1. The third kappa shape index (κ3) is 3.40. The number of carbonyl (C=O) groups is 1. The van der Waals surface area contributed by atoms with Gasteiger partial charge >= 0.3 is 5.97 Å². The molecule has 0 aliphatic heterocycles. The van der Waals surface area contributed by atoms with Gasteiger partial charge < -0.3 is 9.47 Å². The van der Waals surface area contributed by atoms with Crippen LogP contribution in [0.3, 0.4) is 0 Å². The summed E-state index contributed by atoms with van der Waals surface area (Å²) in [5.41, 5.74) is 0.896. The summed E-state index contributed by atoms with van der Waals surface area (Å²) >= 11 is 3.36. The van der Waals surface area contributed by atoms with Crippen molar-refractivity contribution in [1.82, 2.24) is 0 Å². The molecule has 0 amide bonds. The molecule has 1 aromatic rings. The van der Waals surface area contributed by atoms with Gasteiger partial charge in [-0.1, -0.05) is 6.07 Å². The molecular formula is C11H11BrO3. The van der Waals surface area contributed by atoms with Crippen molar-refractivity contribution in [2.24, 2.45) is 0 Å². The zero-order valence-electron chi connectivity index (χ0n) is 8.49. The van der Waals surface area contributed by atoms with Crippen molar-refractivity contribution in [3.8, 4) is 5.75 Å². The summed E-state index contributed by atoms with van der Waals surface area (Å²) in [5.74, 6) is 0.382. The van der Waals surface area contributed by atoms with Crippen LogP contribution in [-0.4, -0.2) is 20.2 Å². The second kappa shape index (κ2) is 5.56. The van der Waals surface area contributed by atoms with Crippen molar-refractivity contribution >= 4 is 28.0 Å². The van der Waals surface area contributed by atoms with Gasteiger partial charge in [0.2, 0.25) is 0 Å². The lowest BCUT2D eigenvalue weighted by atomic mass is 10.2. The molecule has 0 unspecified atom stereocenters. The van der Waals surface area contributed by atoms with Gasteiger partial charge in [0.15, 0.2) is 0 Å². The van der Waals surface area contributed by atoms with E-state index < -0.39 is 0 Å². The second-order valence-electron chi connectivity index (χ2n) is 2.75. The highest BCUT2D eigenvalue weighted by atomic mass is 79.9. The van der Waals surface area contributed by atoms with Gasteiger partial charge in [0.25, 0.3) is 0 Å². The minimum absolute atomic E-state index is 0.373. The van der Waals surface area contributed by atoms with E-state index in [1.54, 1.807) is 13.2 Å². The molecule has 0 saturated heterocycles. The van der Waals surface area contributed by atoms with Crippen LogP contribution in [0.1, 0.15) is 5.56 Å². The van der Waals surface area contributed by atoms with E-state index in [4.69, 9.17) is 4.74 Å². The van der Waals surface area contributed by atoms with Crippen LogP contribution in [0.2, 0.25) is 0 Å². The van der Waals surface area contributed by atoms with Crippen molar-refractivity contribution in [3.05, 3.63) is 34.3 Å². The van der Waals surface area contributed by atoms with Crippen LogP contribution in [0, 0.1) is 0 Å². The maximum Gasteiger partial charge on any atom is 0.330 e. The average Bonchev–Trinajstić information content (AvgIpc) is 2.26. The molecule has 1 aromatic carbocycles. The summed E-state index contributed by atoms with van der Waals surface area (Å²) < 4.78 is 10.4. The number of halogens is 1. The first-order valence-corrected chi connectivity index (χ1v) is 5.06. The fraction of sp³-hybridized carbons (Fsp3) is 0.182. The Bertz CT molecular complexity index is 385. The van der Waals surface area contributed by atoms with Crippen LogP contribution in [0.5, 0.6) is 5.75 Å². The summed E-state index contributed by atoms with van der Waals surface area (Å²) in [4.78, 5) is 10.8. The fourth-order valence-electron chi connectivity index (χ4n) is 1.02. The van der Waals surface area contributed by atoms with E-state index in [0.29, 0.717) is 0 Å². The Balaban J connectivity index is 2.84. The quantitative estimate of drug-likeness (QED) is 0.626. The van der Waals surface area contributed by atoms with Crippen LogP contribution in [0.15, 0.2) is 28.7 Å². The van der Waals surface area contributed by atoms with Crippen molar-refractivity contribution in [3.63, 3.8) is 0 Å². The number of ether oxygens (including phenoxy) is 2. The monoisotopic (exact) mass is 270 g/mol. The number of methoxy groups -OCH3 is 2. The third-order valence-electron chi connectivity index (χ3n) is 1.79. The molecule has 0 atom stereocenters. The Morgan fingerprint density at radius 1 is 1.40 bits per heavy atom. The minimum Gasteiger partial charge on any atom is -0.496 e. The molecule has 0 radical (unpaired) electrons. The molecule has 4 heteroatoms. The molecule has 0 saturated carbocycles. The van der Waals surface area contributed by atoms with Crippen LogP contribution in [0.25, 0.3) is 6.08 Å². The van der Waals surface area contributed by atoms with Gasteiger partial charge in [-0.05, 0) is 39.7 Å². The van der Waals surface area contributed by atoms with Crippen LogP contribution >= 0.6 is 15.9 Å². The molecule has 0 heterocycles. The first-order chi connectivity index (χ1) is 7.17. The molecule has 1 rings (SSSR count). The Kier molecular flexibility index (Phi) is 4.37. The maximum atomic E-state index is 10.8. The smallest absolute Gasteiger partial charge is 0.330 e. The predicted octanol–water partition coefficient (Wildman–Crippen LogP) is 2.64. The summed E-state index contributed by atoms with van der Waals surface area (Å²) in [5, 5.41) is 0. The highest BCUT2D eigenvalue weighted by molar-refractivity contribution is 9.10. The summed E-state index contributed by atoms with van der Waals surface area (Å²) in [6.07, 6.45) is 3.05. The predicted molar refractivity (Wildman–Crippen MR) is 61.7 cm³/mol. The normalized spacial score (nSPS) is 10.3. The highest BCUT2D eigenvalue weighted by Crippen LogP contribution is 2.25. The van der Waals surface area contributed by atoms with Gasteiger partial charge in [0, 0.05) is 6.08 Å². The van der Waals surface area contributed by atoms with Crippen molar-refractivity contribution < 1.29 is 14.3 Å². The largest absolute Gasteiger partial charge is 0.496 e. The van der Waals surface area contributed by atoms with E-state index in [9.17, 15) is 4.79 Å². The zero-order valence-corrected chi connectivity index (χ0v) is 10.1. The molecule has 0 bridgehead atoms. The lowest BCUT2D eigenvalue weighted by Crippen LogP contribution is -1.93. The van der Waals surface area contributed by atoms with Crippen molar-refractivity contribution in [1.29, 1.82) is 0 Å².